The van der Waals surface area contributed by atoms with Gasteiger partial charge in [0.15, 0.2) is 5.78 Å². The number of ketones is 1. The summed E-state index contributed by atoms with van der Waals surface area (Å²) in [6.45, 7) is 5.73. The van der Waals surface area contributed by atoms with Crippen LogP contribution in [0.15, 0.2) is 58.2 Å². The van der Waals surface area contributed by atoms with Crippen LogP contribution in [0.5, 0.6) is 0 Å². The number of hydrogen-bond donors (Lipinski definition) is 1. The van der Waals surface area contributed by atoms with Gasteiger partial charge in [-0.15, -0.1) is 11.3 Å². The number of carbonyl (C=O) groups is 2. The summed E-state index contributed by atoms with van der Waals surface area (Å²) >= 11 is 10.8. The second-order valence-corrected chi connectivity index (χ2v) is 11.6. The summed E-state index contributed by atoms with van der Waals surface area (Å²) in [5.41, 5.74) is 0.202. The molecule has 186 valence electrons. The number of anilines is 1. The van der Waals surface area contributed by atoms with E-state index in [1.807, 2.05) is 32.9 Å². The Morgan fingerprint density at radius 1 is 1.17 bits per heavy atom. The molecule has 0 aliphatic rings. The first kappa shape index (κ1) is 25.9. The zero-order valence-electron chi connectivity index (χ0n) is 19.7. The number of hydrogen-bond acceptors (Lipinski definition) is 8. The van der Waals surface area contributed by atoms with Crippen molar-refractivity contribution in [3.8, 4) is 11.3 Å². The molecule has 0 bridgehead atoms. The highest BCUT2D eigenvalue weighted by molar-refractivity contribution is 9.10. The molecule has 0 radical (unpaired) electrons. The minimum Gasteiger partial charge on any atom is -0.365 e. The number of nitrogens with zero attached hydrogens (tertiary/aromatic N) is 5. The lowest BCUT2D eigenvalue weighted by molar-refractivity contribution is 0.0752. The number of halogens is 2. The van der Waals surface area contributed by atoms with E-state index in [9.17, 15) is 14.4 Å². The van der Waals surface area contributed by atoms with Crippen molar-refractivity contribution in [2.45, 2.75) is 33.9 Å². The first-order valence-electron chi connectivity index (χ1n) is 10.9. The Morgan fingerprint density at radius 3 is 2.58 bits per heavy atom. The SMILES string of the molecule is CC(C)(C)C(=O)n1nc(-c2ccn(CC(=O)c3ccnnc3)c(=O)c2Br)cc1NCc1ccc(Cl)s1. The van der Waals surface area contributed by atoms with E-state index in [1.165, 1.54) is 39.2 Å². The fourth-order valence-electron chi connectivity index (χ4n) is 3.31. The minimum atomic E-state index is -0.686. The molecule has 4 aromatic heterocycles. The number of nitrogens with one attached hydrogen (secondary N) is 1. The van der Waals surface area contributed by atoms with E-state index < -0.39 is 11.0 Å². The van der Waals surface area contributed by atoms with E-state index in [4.69, 9.17) is 11.6 Å². The minimum absolute atomic E-state index is 0.156. The third-order valence-electron chi connectivity index (χ3n) is 5.22. The van der Waals surface area contributed by atoms with E-state index in [1.54, 1.807) is 18.2 Å². The highest BCUT2D eigenvalue weighted by Gasteiger charge is 2.27. The quantitative estimate of drug-likeness (QED) is 0.296. The van der Waals surface area contributed by atoms with E-state index >= 15 is 0 Å². The van der Waals surface area contributed by atoms with Gasteiger partial charge in [-0.1, -0.05) is 32.4 Å². The first-order chi connectivity index (χ1) is 17.0. The maximum atomic E-state index is 13.1. The lowest BCUT2D eigenvalue weighted by Crippen LogP contribution is -2.29. The summed E-state index contributed by atoms with van der Waals surface area (Å²) in [5, 5.41) is 15.1. The third kappa shape index (κ3) is 5.63. The van der Waals surface area contributed by atoms with Gasteiger partial charge in [0.25, 0.3) is 11.5 Å². The lowest BCUT2D eigenvalue weighted by atomic mass is 9.96. The molecule has 0 saturated heterocycles. The van der Waals surface area contributed by atoms with E-state index in [0.29, 0.717) is 33.5 Å². The second kappa shape index (κ2) is 10.5. The average molecular weight is 590 g/mol. The molecular formula is C24H22BrClN6O3S. The average Bonchev–Trinajstić information content (AvgIpc) is 3.46. The van der Waals surface area contributed by atoms with Gasteiger partial charge >= 0.3 is 0 Å². The van der Waals surface area contributed by atoms with E-state index in [-0.39, 0.29) is 22.7 Å². The van der Waals surface area contributed by atoms with Crippen molar-refractivity contribution in [2.24, 2.45) is 5.41 Å². The number of aromatic nitrogens is 5. The second-order valence-electron chi connectivity index (χ2n) is 8.97. The molecule has 0 unspecified atom stereocenters. The van der Waals surface area contributed by atoms with Crippen molar-refractivity contribution >= 4 is 56.4 Å². The topological polar surface area (TPSA) is 112 Å². The van der Waals surface area contributed by atoms with Crippen molar-refractivity contribution in [3.05, 3.63) is 78.5 Å². The highest BCUT2D eigenvalue weighted by atomic mass is 79.9. The van der Waals surface area contributed by atoms with Crippen molar-refractivity contribution in [1.82, 2.24) is 24.5 Å². The molecule has 4 heterocycles. The van der Waals surface area contributed by atoms with Crippen LogP contribution in [0.25, 0.3) is 11.3 Å². The molecule has 0 spiro atoms. The maximum Gasteiger partial charge on any atom is 0.265 e. The molecule has 36 heavy (non-hydrogen) atoms. The summed E-state index contributed by atoms with van der Waals surface area (Å²) in [5.74, 6) is 0.0132. The molecule has 0 fully saturated rings. The summed E-state index contributed by atoms with van der Waals surface area (Å²) < 4.78 is 3.53. The molecular weight excluding hydrogens is 568 g/mol. The van der Waals surface area contributed by atoms with Crippen LogP contribution in [0.2, 0.25) is 4.34 Å². The lowest BCUT2D eigenvalue weighted by Gasteiger charge is -2.18. The molecule has 12 heteroatoms. The summed E-state index contributed by atoms with van der Waals surface area (Å²) in [6, 6.07) is 8.67. The predicted octanol–water partition coefficient (Wildman–Crippen LogP) is 5.16. The summed E-state index contributed by atoms with van der Waals surface area (Å²) in [6.07, 6.45) is 4.30. The van der Waals surface area contributed by atoms with Crippen LogP contribution in [-0.4, -0.2) is 36.2 Å². The summed E-state index contributed by atoms with van der Waals surface area (Å²) in [7, 11) is 0. The molecule has 0 aliphatic heterocycles. The normalized spacial score (nSPS) is 11.5. The standard InChI is InChI=1S/C24H22BrClN6O3S/c1-24(2,3)23(35)32-20(27-12-15-4-5-19(26)36-15)10-17(30-32)16-7-9-31(22(34)21(16)25)13-18(33)14-6-8-28-29-11-14/h4-11,27H,12-13H2,1-3H3. The monoisotopic (exact) mass is 588 g/mol. The Bertz CT molecular complexity index is 1490. The molecule has 9 nitrogen and oxygen atoms in total. The molecule has 4 aromatic rings. The van der Waals surface area contributed by atoms with Crippen molar-refractivity contribution in [2.75, 3.05) is 5.32 Å². The van der Waals surface area contributed by atoms with Crippen molar-refractivity contribution in [1.29, 1.82) is 0 Å². The van der Waals surface area contributed by atoms with Crippen LogP contribution in [0.1, 0.15) is 40.8 Å². The number of carbonyl (C=O) groups excluding carboxylic acids is 2. The smallest absolute Gasteiger partial charge is 0.265 e. The Balaban J connectivity index is 1.66. The zero-order chi connectivity index (χ0) is 26.0. The summed E-state index contributed by atoms with van der Waals surface area (Å²) in [4.78, 5) is 39.7. The van der Waals surface area contributed by atoms with Crippen LogP contribution in [0, 0.1) is 5.41 Å². The fourth-order valence-corrected chi connectivity index (χ4v) is 4.90. The number of Topliss-reactive ketones (excluding diaryl/α,β-unsaturated/α-hetero) is 1. The van der Waals surface area contributed by atoms with Gasteiger partial charge in [0.1, 0.15) is 5.82 Å². The van der Waals surface area contributed by atoms with Gasteiger partial charge in [-0.05, 0) is 40.2 Å². The molecule has 4 rings (SSSR count). The van der Waals surface area contributed by atoms with Gasteiger partial charge in [-0.3, -0.25) is 14.4 Å². The Hall–Kier alpha value is -3.15. The van der Waals surface area contributed by atoms with Crippen molar-refractivity contribution < 1.29 is 9.59 Å². The zero-order valence-corrected chi connectivity index (χ0v) is 22.8. The van der Waals surface area contributed by atoms with Gasteiger partial charge in [-0.25, -0.2) is 0 Å². The molecule has 1 N–H and O–H groups in total. The molecule has 0 atom stereocenters. The van der Waals surface area contributed by atoms with E-state index in [2.05, 4.69) is 36.5 Å². The molecule has 0 aliphatic carbocycles. The van der Waals surface area contributed by atoms with Gasteiger partial charge in [0.05, 0.1) is 40.0 Å². The van der Waals surface area contributed by atoms with Gasteiger partial charge < -0.3 is 9.88 Å². The molecule has 0 aromatic carbocycles. The first-order valence-corrected chi connectivity index (χ1v) is 12.9. The highest BCUT2D eigenvalue weighted by Crippen LogP contribution is 2.30. The van der Waals surface area contributed by atoms with Crippen LogP contribution >= 0.6 is 38.9 Å². The van der Waals surface area contributed by atoms with Gasteiger partial charge in [-0.2, -0.15) is 20.0 Å². The predicted molar refractivity (Wildman–Crippen MR) is 143 cm³/mol. The van der Waals surface area contributed by atoms with Gasteiger partial charge in [0, 0.05) is 33.7 Å². The van der Waals surface area contributed by atoms with Crippen LogP contribution in [-0.2, 0) is 13.1 Å². The fraction of sp³-hybridized carbons (Fsp3) is 0.250. The van der Waals surface area contributed by atoms with Crippen molar-refractivity contribution in [3.63, 3.8) is 0 Å². The van der Waals surface area contributed by atoms with Crippen LogP contribution in [0.4, 0.5) is 5.82 Å². The van der Waals surface area contributed by atoms with Crippen LogP contribution in [0.3, 0.4) is 0 Å². The number of rotatable bonds is 7. The number of pyridine rings is 1. The number of thiophene rings is 1. The third-order valence-corrected chi connectivity index (χ3v) is 7.22. The van der Waals surface area contributed by atoms with Crippen LogP contribution < -0.4 is 10.9 Å². The largest absolute Gasteiger partial charge is 0.365 e. The molecule has 0 amide bonds. The Morgan fingerprint density at radius 2 is 1.94 bits per heavy atom. The van der Waals surface area contributed by atoms with E-state index in [0.717, 1.165) is 4.88 Å². The van der Waals surface area contributed by atoms with Gasteiger partial charge in [0.2, 0.25) is 0 Å². The Kier molecular flexibility index (Phi) is 7.53. The Labute approximate surface area is 224 Å². The molecule has 0 saturated carbocycles. The maximum absolute atomic E-state index is 13.1.